The Morgan fingerprint density at radius 1 is 0.838 bits per heavy atom. The molecule has 8 heteroatoms. The molecule has 6 rings (SSSR count). The van der Waals surface area contributed by atoms with Crippen molar-refractivity contribution in [2.24, 2.45) is 14.1 Å². The van der Waals surface area contributed by atoms with Crippen LogP contribution in [0, 0.1) is 0 Å². The number of aromatic nitrogens is 3. The maximum absolute atomic E-state index is 13.8. The number of nitrogens with zero attached hydrogens (tertiary/aromatic N) is 3. The van der Waals surface area contributed by atoms with Gasteiger partial charge in [0.05, 0.1) is 53.9 Å². The Balaban J connectivity index is 1.86. The summed E-state index contributed by atoms with van der Waals surface area (Å²) in [7, 11) is 6.47. The van der Waals surface area contributed by atoms with Gasteiger partial charge >= 0.3 is 5.69 Å². The van der Waals surface area contributed by atoms with E-state index in [9.17, 15) is 9.59 Å². The van der Waals surface area contributed by atoms with Gasteiger partial charge in [0.2, 0.25) is 0 Å². The zero-order valence-corrected chi connectivity index (χ0v) is 21.0. The first kappa shape index (κ1) is 22.7. The summed E-state index contributed by atoms with van der Waals surface area (Å²) in [6.45, 7) is 0. The summed E-state index contributed by atoms with van der Waals surface area (Å²) >= 11 is 0. The molecule has 0 aliphatic carbocycles. The fraction of sp³-hybridized carbons (Fsp3) is 0.172. The number of hydrogen-bond donors (Lipinski definition) is 1. The number of methoxy groups -OCH3 is 2. The number of benzene rings is 3. The molecule has 0 saturated heterocycles. The smallest absolute Gasteiger partial charge is 0.331 e. The van der Waals surface area contributed by atoms with Gasteiger partial charge < -0.3 is 19.4 Å². The van der Waals surface area contributed by atoms with Crippen LogP contribution in [-0.4, -0.2) is 27.9 Å². The van der Waals surface area contributed by atoms with E-state index in [1.807, 2.05) is 72.8 Å². The van der Waals surface area contributed by atoms with E-state index < -0.39 is 6.04 Å². The van der Waals surface area contributed by atoms with Crippen LogP contribution in [0.2, 0.25) is 0 Å². The van der Waals surface area contributed by atoms with E-state index in [-0.39, 0.29) is 11.2 Å². The highest BCUT2D eigenvalue weighted by Gasteiger charge is 2.36. The minimum Gasteiger partial charge on any atom is -0.497 e. The molecule has 0 spiro atoms. The van der Waals surface area contributed by atoms with Gasteiger partial charge in [-0.2, -0.15) is 0 Å². The number of para-hydroxylation sites is 2. The van der Waals surface area contributed by atoms with Gasteiger partial charge in [0.1, 0.15) is 11.5 Å². The van der Waals surface area contributed by atoms with E-state index in [1.54, 1.807) is 25.8 Å². The van der Waals surface area contributed by atoms with Gasteiger partial charge in [0.25, 0.3) is 5.56 Å². The number of rotatable bonds is 4. The Morgan fingerprint density at radius 2 is 1.57 bits per heavy atom. The summed E-state index contributed by atoms with van der Waals surface area (Å²) in [5, 5.41) is 4.14. The molecule has 0 amide bonds. The summed E-state index contributed by atoms with van der Waals surface area (Å²) in [6.07, 6.45) is 0. The number of anilines is 1. The van der Waals surface area contributed by atoms with Crippen molar-refractivity contribution >= 4 is 16.6 Å². The molecule has 3 heterocycles. The van der Waals surface area contributed by atoms with Crippen molar-refractivity contribution in [3.8, 4) is 28.4 Å². The third-order valence-electron chi connectivity index (χ3n) is 7.12. The van der Waals surface area contributed by atoms with Crippen molar-refractivity contribution in [3.63, 3.8) is 0 Å². The Kier molecular flexibility index (Phi) is 5.19. The summed E-state index contributed by atoms with van der Waals surface area (Å²) in [5.41, 5.74) is 4.84. The first-order valence-corrected chi connectivity index (χ1v) is 11.9. The maximum Gasteiger partial charge on any atom is 0.331 e. The molecule has 1 N–H and O–H groups in total. The number of ether oxygens (including phenoxy) is 2. The van der Waals surface area contributed by atoms with Crippen LogP contribution in [0.15, 0.2) is 82.4 Å². The Hall–Kier alpha value is -4.72. The van der Waals surface area contributed by atoms with Crippen LogP contribution in [0.1, 0.15) is 17.3 Å². The number of hydrogen-bond acceptors (Lipinski definition) is 5. The summed E-state index contributed by atoms with van der Waals surface area (Å²) in [6, 6.07) is 22.9. The molecule has 8 nitrogen and oxygen atoms in total. The topological polar surface area (TPSA) is 79.4 Å². The van der Waals surface area contributed by atoms with E-state index in [4.69, 9.17) is 9.47 Å². The molecule has 3 aromatic carbocycles. The number of aryl methyl sites for hydroxylation is 1. The van der Waals surface area contributed by atoms with Crippen molar-refractivity contribution in [3.05, 3.63) is 105 Å². The van der Waals surface area contributed by atoms with Gasteiger partial charge in [-0.25, -0.2) is 4.79 Å². The number of fused-ring (bicyclic) bond motifs is 5. The van der Waals surface area contributed by atoms with Crippen LogP contribution in [0.5, 0.6) is 11.5 Å². The summed E-state index contributed by atoms with van der Waals surface area (Å²) < 4.78 is 16.1. The van der Waals surface area contributed by atoms with Crippen LogP contribution in [0.4, 0.5) is 5.69 Å². The molecule has 5 aromatic rings. The molecular weight excluding hydrogens is 468 g/mol. The normalized spacial score (nSPS) is 14.1. The van der Waals surface area contributed by atoms with Crippen molar-refractivity contribution in [1.82, 2.24) is 13.7 Å². The van der Waals surface area contributed by atoms with E-state index in [1.165, 1.54) is 11.6 Å². The van der Waals surface area contributed by atoms with Crippen molar-refractivity contribution in [2.75, 3.05) is 19.5 Å². The quantitative estimate of drug-likeness (QED) is 0.405. The lowest BCUT2D eigenvalue weighted by molar-refractivity contribution is 0.397. The van der Waals surface area contributed by atoms with Crippen molar-refractivity contribution in [1.29, 1.82) is 0 Å². The second-order valence-corrected chi connectivity index (χ2v) is 9.07. The average Bonchev–Trinajstić information content (AvgIpc) is 3.31. The molecule has 0 fully saturated rings. The second-order valence-electron chi connectivity index (χ2n) is 9.07. The minimum absolute atomic E-state index is 0.340. The van der Waals surface area contributed by atoms with Gasteiger partial charge in [-0.3, -0.25) is 13.9 Å². The van der Waals surface area contributed by atoms with E-state index in [0.717, 1.165) is 33.9 Å². The molecule has 0 saturated carbocycles. The third kappa shape index (κ3) is 3.22. The molecule has 1 aliphatic rings. The first-order chi connectivity index (χ1) is 18.0. The standard InChI is InChI=1S/C29H26N4O4/c1-31-26-23(28(34)32(2)29(31)35)25(17-10-6-5-7-11-17)33-21-13-9-8-12-20(21)30-24(27(26)33)19-16-18(36-3)14-15-22(19)37-4/h5-16,24,30H,1-4H3/t24-/m0/s1. The molecule has 186 valence electrons. The summed E-state index contributed by atoms with van der Waals surface area (Å²) in [5.74, 6) is 1.33. The lowest BCUT2D eigenvalue weighted by Crippen LogP contribution is -2.37. The molecule has 1 aliphatic heterocycles. The van der Waals surface area contributed by atoms with Crippen LogP contribution >= 0.6 is 0 Å². The van der Waals surface area contributed by atoms with Gasteiger partial charge in [-0.15, -0.1) is 0 Å². The zero-order chi connectivity index (χ0) is 25.8. The van der Waals surface area contributed by atoms with E-state index in [0.29, 0.717) is 22.4 Å². The van der Waals surface area contributed by atoms with Crippen molar-refractivity contribution < 1.29 is 9.47 Å². The largest absolute Gasteiger partial charge is 0.497 e. The first-order valence-electron chi connectivity index (χ1n) is 11.9. The fourth-order valence-corrected chi connectivity index (χ4v) is 5.39. The minimum atomic E-state index is -0.447. The summed E-state index contributed by atoms with van der Waals surface area (Å²) in [4.78, 5) is 27.0. The molecule has 2 aromatic heterocycles. The highest BCUT2D eigenvalue weighted by molar-refractivity contribution is 5.99. The Morgan fingerprint density at radius 3 is 2.30 bits per heavy atom. The van der Waals surface area contributed by atoms with Gasteiger partial charge in [0, 0.05) is 19.7 Å². The molecule has 0 unspecified atom stereocenters. The lowest BCUT2D eigenvalue weighted by Gasteiger charge is -2.32. The van der Waals surface area contributed by atoms with Crippen LogP contribution in [-0.2, 0) is 14.1 Å². The van der Waals surface area contributed by atoms with Gasteiger partial charge in [0.15, 0.2) is 0 Å². The monoisotopic (exact) mass is 494 g/mol. The maximum atomic E-state index is 13.8. The van der Waals surface area contributed by atoms with Crippen molar-refractivity contribution in [2.45, 2.75) is 6.04 Å². The predicted molar refractivity (Wildman–Crippen MR) is 144 cm³/mol. The molecular formula is C29H26N4O4. The molecule has 37 heavy (non-hydrogen) atoms. The highest BCUT2D eigenvalue weighted by atomic mass is 16.5. The van der Waals surface area contributed by atoms with Gasteiger partial charge in [-0.05, 0) is 35.9 Å². The molecule has 1 atom stereocenters. The van der Waals surface area contributed by atoms with Gasteiger partial charge in [-0.1, -0.05) is 42.5 Å². The Bertz CT molecular complexity index is 1800. The van der Waals surface area contributed by atoms with Crippen LogP contribution in [0.25, 0.3) is 27.8 Å². The Labute approximate surface area is 212 Å². The molecule has 0 radical (unpaired) electrons. The SMILES string of the molecule is COc1ccc(OC)c([C@@H]2Nc3ccccc3-n3c(-c4ccccc4)c4c(=O)n(C)c(=O)n(C)c4c32)c1. The second kappa shape index (κ2) is 8.44. The van der Waals surface area contributed by atoms with Crippen LogP contribution < -0.4 is 26.0 Å². The molecule has 0 bridgehead atoms. The zero-order valence-electron chi connectivity index (χ0n) is 21.0. The third-order valence-corrected chi connectivity index (χ3v) is 7.12. The van der Waals surface area contributed by atoms with Crippen LogP contribution in [0.3, 0.4) is 0 Å². The average molecular weight is 495 g/mol. The fourth-order valence-electron chi connectivity index (χ4n) is 5.39. The number of nitrogens with one attached hydrogen (secondary N) is 1. The highest BCUT2D eigenvalue weighted by Crippen LogP contribution is 2.47. The van der Waals surface area contributed by atoms with E-state index >= 15 is 0 Å². The lowest BCUT2D eigenvalue weighted by atomic mass is 9.98. The predicted octanol–water partition coefficient (Wildman–Crippen LogP) is 4.23. The van der Waals surface area contributed by atoms with E-state index in [2.05, 4.69) is 9.88 Å².